The number of halogens is 1. The molecule has 5 nitrogen and oxygen atoms in total. The fourth-order valence-electron chi connectivity index (χ4n) is 4.23. The van der Waals surface area contributed by atoms with Crippen LogP contribution in [-0.4, -0.2) is 46.2 Å². The first-order chi connectivity index (χ1) is 10.6. The molecule has 3 saturated heterocycles. The Kier molecular flexibility index (Phi) is 3.42. The quantitative estimate of drug-likeness (QED) is 0.839. The van der Waals surface area contributed by atoms with E-state index in [-0.39, 0.29) is 5.41 Å². The summed E-state index contributed by atoms with van der Waals surface area (Å²) in [5.41, 5.74) is 2.07. The first-order valence-corrected chi connectivity index (χ1v) is 8.66. The van der Waals surface area contributed by atoms with Crippen molar-refractivity contribution in [2.24, 2.45) is 11.3 Å². The molecule has 0 N–H and O–H groups in total. The van der Waals surface area contributed by atoms with Gasteiger partial charge < -0.3 is 9.64 Å². The van der Waals surface area contributed by atoms with Crippen molar-refractivity contribution in [3.63, 3.8) is 0 Å². The van der Waals surface area contributed by atoms with Gasteiger partial charge in [0.1, 0.15) is 5.52 Å². The zero-order valence-electron chi connectivity index (χ0n) is 13.0. The van der Waals surface area contributed by atoms with Gasteiger partial charge in [-0.25, -0.2) is 4.98 Å². The molecule has 118 valence electrons. The third-order valence-corrected chi connectivity index (χ3v) is 5.81. The van der Waals surface area contributed by atoms with Crippen LogP contribution in [0.5, 0.6) is 6.01 Å². The summed E-state index contributed by atoms with van der Waals surface area (Å²) >= 11 is 3.46. The summed E-state index contributed by atoms with van der Waals surface area (Å²) in [5, 5.41) is 0. The molecule has 5 rings (SSSR count). The molecule has 3 aliphatic rings. The van der Waals surface area contributed by atoms with E-state index in [1.807, 2.05) is 12.3 Å². The standard InChI is InChI=1S/C16H21BrN4O/c1-16(9-20-5-3-11(16)4-6-20)10-21-14-13(19-15(21)22-2)7-12(17)8-18-14/h7-8,11H,3-6,9-10H2,1-2H3. The van der Waals surface area contributed by atoms with Crippen molar-refractivity contribution in [2.75, 3.05) is 26.7 Å². The van der Waals surface area contributed by atoms with Crippen LogP contribution in [0.1, 0.15) is 19.8 Å². The average Bonchev–Trinajstić information content (AvgIpc) is 2.84. The van der Waals surface area contributed by atoms with Crippen molar-refractivity contribution < 1.29 is 4.74 Å². The van der Waals surface area contributed by atoms with E-state index < -0.39 is 0 Å². The summed E-state index contributed by atoms with van der Waals surface area (Å²) < 4.78 is 8.62. The molecule has 1 atom stereocenters. The van der Waals surface area contributed by atoms with Crippen molar-refractivity contribution in [1.29, 1.82) is 0 Å². The second kappa shape index (κ2) is 5.20. The molecule has 5 heterocycles. The van der Waals surface area contributed by atoms with E-state index in [2.05, 4.69) is 42.3 Å². The minimum Gasteiger partial charge on any atom is -0.468 e. The number of imidazole rings is 1. The van der Waals surface area contributed by atoms with E-state index in [0.29, 0.717) is 6.01 Å². The van der Waals surface area contributed by atoms with Crippen LogP contribution in [0.2, 0.25) is 0 Å². The molecule has 6 heteroatoms. The Labute approximate surface area is 138 Å². The summed E-state index contributed by atoms with van der Waals surface area (Å²) in [5.74, 6) is 0.787. The minimum absolute atomic E-state index is 0.270. The van der Waals surface area contributed by atoms with Crippen molar-refractivity contribution in [3.05, 3.63) is 16.7 Å². The largest absolute Gasteiger partial charge is 0.468 e. The summed E-state index contributed by atoms with van der Waals surface area (Å²) in [4.78, 5) is 11.7. The highest BCUT2D eigenvalue weighted by Gasteiger charge is 2.44. The fraction of sp³-hybridized carbons (Fsp3) is 0.625. The topological polar surface area (TPSA) is 43.2 Å². The second-order valence-electron chi connectivity index (χ2n) is 6.89. The molecule has 1 unspecified atom stereocenters. The Morgan fingerprint density at radius 2 is 2.18 bits per heavy atom. The van der Waals surface area contributed by atoms with Gasteiger partial charge in [0.15, 0.2) is 5.65 Å². The summed E-state index contributed by atoms with van der Waals surface area (Å²) in [7, 11) is 1.69. The molecule has 2 aromatic heterocycles. The lowest BCUT2D eigenvalue weighted by Gasteiger charge is -2.52. The molecule has 0 spiro atoms. The number of ether oxygens (including phenoxy) is 1. The Morgan fingerprint density at radius 3 is 2.82 bits per heavy atom. The van der Waals surface area contributed by atoms with Crippen LogP contribution >= 0.6 is 15.9 Å². The first kappa shape index (κ1) is 14.5. The highest BCUT2D eigenvalue weighted by molar-refractivity contribution is 9.10. The van der Waals surface area contributed by atoms with Crippen molar-refractivity contribution in [2.45, 2.75) is 26.3 Å². The third kappa shape index (κ3) is 2.24. The van der Waals surface area contributed by atoms with Crippen LogP contribution < -0.4 is 4.74 Å². The number of hydrogen-bond donors (Lipinski definition) is 0. The van der Waals surface area contributed by atoms with Crippen LogP contribution in [0.25, 0.3) is 11.2 Å². The van der Waals surface area contributed by atoms with E-state index in [0.717, 1.165) is 34.6 Å². The molecule has 2 bridgehead atoms. The molecule has 3 fully saturated rings. The highest BCUT2D eigenvalue weighted by atomic mass is 79.9. The first-order valence-electron chi connectivity index (χ1n) is 7.87. The molecule has 0 radical (unpaired) electrons. The van der Waals surface area contributed by atoms with Gasteiger partial charge in [-0.05, 0) is 53.8 Å². The fourth-order valence-corrected chi connectivity index (χ4v) is 4.55. The van der Waals surface area contributed by atoms with Crippen LogP contribution in [0.15, 0.2) is 16.7 Å². The molecule has 2 aromatic rings. The molecule has 0 aromatic carbocycles. The zero-order chi connectivity index (χ0) is 15.3. The Bertz CT molecular complexity index is 707. The lowest BCUT2D eigenvalue weighted by Crippen LogP contribution is -2.54. The molecular weight excluding hydrogens is 344 g/mol. The van der Waals surface area contributed by atoms with Gasteiger partial charge in [-0.1, -0.05) is 6.92 Å². The lowest BCUT2D eigenvalue weighted by molar-refractivity contribution is -0.0279. The number of pyridine rings is 1. The van der Waals surface area contributed by atoms with Crippen LogP contribution in [-0.2, 0) is 6.54 Å². The molecule has 22 heavy (non-hydrogen) atoms. The molecule has 3 aliphatic heterocycles. The van der Waals surface area contributed by atoms with Gasteiger partial charge in [0, 0.05) is 29.2 Å². The number of piperidine rings is 3. The SMILES string of the molecule is COc1nc2cc(Br)cnc2n1CC1(C)CN2CCC1CC2. The van der Waals surface area contributed by atoms with Gasteiger partial charge >= 0.3 is 0 Å². The van der Waals surface area contributed by atoms with Crippen molar-refractivity contribution in [1.82, 2.24) is 19.4 Å². The number of aromatic nitrogens is 3. The molecule has 0 amide bonds. The highest BCUT2D eigenvalue weighted by Crippen LogP contribution is 2.44. The number of nitrogens with zero attached hydrogens (tertiary/aromatic N) is 4. The zero-order valence-corrected chi connectivity index (χ0v) is 14.6. The maximum absolute atomic E-state index is 5.52. The predicted molar refractivity (Wildman–Crippen MR) is 89.1 cm³/mol. The molecule has 0 aliphatic carbocycles. The summed E-state index contributed by atoms with van der Waals surface area (Å²) in [6.45, 7) is 7.01. The smallest absolute Gasteiger partial charge is 0.298 e. The second-order valence-corrected chi connectivity index (χ2v) is 7.80. The number of fused-ring (bicyclic) bond motifs is 4. The third-order valence-electron chi connectivity index (χ3n) is 5.38. The van der Waals surface area contributed by atoms with E-state index in [9.17, 15) is 0 Å². The monoisotopic (exact) mass is 364 g/mol. The van der Waals surface area contributed by atoms with Gasteiger partial charge in [0.25, 0.3) is 6.01 Å². The normalized spacial score (nSPS) is 30.9. The van der Waals surface area contributed by atoms with E-state index >= 15 is 0 Å². The van der Waals surface area contributed by atoms with Crippen molar-refractivity contribution in [3.8, 4) is 6.01 Å². The van der Waals surface area contributed by atoms with Crippen LogP contribution in [0, 0.1) is 11.3 Å². The Morgan fingerprint density at radius 1 is 1.41 bits per heavy atom. The Balaban J connectivity index is 1.74. The maximum Gasteiger partial charge on any atom is 0.298 e. The van der Waals surface area contributed by atoms with Gasteiger partial charge in [0.05, 0.1) is 7.11 Å². The minimum atomic E-state index is 0.270. The molecular formula is C16H21BrN4O. The van der Waals surface area contributed by atoms with Gasteiger partial charge in [-0.2, -0.15) is 4.98 Å². The summed E-state index contributed by atoms with van der Waals surface area (Å²) in [6.07, 6.45) is 4.45. The van der Waals surface area contributed by atoms with E-state index in [4.69, 9.17) is 4.74 Å². The lowest BCUT2D eigenvalue weighted by atomic mass is 9.68. The van der Waals surface area contributed by atoms with E-state index in [1.54, 1.807) is 7.11 Å². The maximum atomic E-state index is 5.52. The average molecular weight is 365 g/mol. The van der Waals surface area contributed by atoms with Crippen LogP contribution in [0.3, 0.4) is 0 Å². The van der Waals surface area contributed by atoms with Crippen LogP contribution in [0.4, 0.5) is 0 Å². The number of rotatable bonds is 3. The molecule has 0 saturated carbocycles. The van der Waals surface area contributed by atoms with Gasteiger partial charge in [-0.15, -0.1) is 0 Å². The number of hydrogen-bond acceptors (Lipinski definition) is 4. The predicted octanol–water partition coefficient (Wildman–Crippen LogP) is 2.93. The number of methoxy groups -OCH3 is 1. The van der Waals surface area contributed by atoms with Gasteiger partial charge in [-0.3, -0.25) is 4.57 Å². The van der Waals surface area contributed by atoms with Gasteiger partial charge in [0.2, 0.25) is 0 Å². The Hall–Kier alpha value is -1.14. The van der Waals surface area contributed by atoms with E-state index in [1.165, 1.54) is 25.9 Å². The summed E-state index contributed by atoms with van der Waals surface area (Å²) in [6, 6.07) is 2.67. The van der Waals surface area contributed by atoms with Crippen molar-refractivity contribution >= 4 is 27.1 Å².